The van der Waals surface area contributed by atoms with E-state index < -0.39 is 18.5 Å². The minimum Gasteiger partial charge on any atom is -0.396 e. The second-order valence-electron chi connectivity index (χ2n) is 9.38. The molecule has 0 aliphatic heterocycles. The van der Waals surface area contributed by atoms with Crippen LogP contribution >= 0.6 is 0 Å². The van der Waals surface area contributed by atoms with Crippen LogP contribution in [0.2, 0.25) is 0 Å². The Hall–Kier alpha value is -0.250. The van der Waals surface area contributed by atoms with Gasteiger partial charge < -0.3 is 5.11 Å². The summed E-state index contributed by atoms with van der Waals surface area (Å²) in [7, 11) is 0. The summed E-state index contributed by atoms with van der Waals surface area (Å²) in [6.45, 7) is 0.317. The number of hydrogen-bond donors (Lipinski definition) is 1. The molecular weight excluding hydrogens is 337 g/mol. The van der Waals surface area contributed by atoms with Crippen molar-refractivity contribution in [3.05, 3.63) is 0 Å². The summed E-state index contributed by atoms with van der Waals surface area (Å²) >= 11 is 0. The van der Waals surface area contributed by atoms with Gasteiger partial charge in [-0.1, -0.05) is 25.7 Å². The quantitative estimate of drug-likeness (QED) is 0.550. The van der Waals surface area contributed by atoms with E-state index in [0.717, 1.165) is 43.4 Å². The van der Waals surface area contributed by atoms with E-state index in [9.17, 15) is 13.2 Å². The van der Waals surface area contributed by atoms with Crippen LogP contribution in [0.5, 0.6) is 0 Å². The van der Waals surface area contributed by atoms with Gasteiger partial charge in [-0.25, -0.2) is 13.2 Å². The molecule has 1 nitrogen and oxygen atoms in total. The zero-order chi connectivity index (χ0) is 18.5. The monoisotopic (exact) mass is 374 g/mol. The molecule has 26 heavy (non-hydrogen) atoms. The van der Waals surface area contributed by atoms with Gasteiger partial charge in [0, 0.05) is 6.61 Å². The van der Waals surface area contributed by atoms with Crippen molar-refractivity contribution in [1.29, 1.82) is 0 Å². The Morgan fingerprint density at radius 1 is 0.615 bits per heavy atom. The molecule has 152 valence electrons. The van der Waals surface area contributed by atoms with Gasteiger partial charge in [-0.2, -0.15) is 0 Å². The van der Waals surface area contributed by atoms with Gasteiger partial charge in [-0.3, -0.25) is 0 Å². The summed E-state index contributed by atoms with van der Waals surface area (Å²) in [5, 5.41) is 8.91. The molecular formula is C22H37F3O. The molecule has 3 fully saturated rings. The molecule has 0 heterocycles. The van der Waals surface area contributed by atoms with Crippen molar-refractivity contribution in [3.8, 4) is 0 Å². The summed E-state index contributed by atoms with van der Waals surface area (Å²) in [4.78, 5) is 0. The Bertz CT molecular complexity index is 390. The maximum Gasteiger partial charge on any atom is 0.162 e. The molecule has 0 spiro atoms. The second kappa shape index (κ2) is 9.80. The molecule has 0 saturated heterocycles. The first kappa shape index (κ1) is 20.5. The topological polar surface area (TPSA) is 20.2 Å². The third kappa shape index (κ3) is 5.17. The average molecular weight is 375 g/mol. The highest BCUT2D eigenvalue weighted by Crippen LogP contribution is 2.46. The third-order valence-electron chi connectivity index (χ3n) is 7.81. The van der Waals surface area contributed by atoms with E-state index in [2.05, 4.69) is 0 Å². The average Bonchev–Trinajstić information content (AvgIpc) is 2.67. The number of rotatable bonds is 6. The molecule has 4 heteroatoms. The lowest BCUT2D eigenvalue weighted by Crippen LogP contribution is -2.40. The zero-order valence-electron chi connectivity index (χ0n) is 16.1. The summed E-state index contributed by atoms with van der Waals surface area (Å²) in [5.74, 6) is 2.95. The minimum absolute atomic E-state index is 0.0511. The van der Waals surface area contributed by atoms with E-state index in [0.29, 0.717) is 12.5 Å². The molecule has 2 atom stereocenters. The maximum atomic E-state index is 13.7. The highest BCUT2D eigenvalue weighted by molar-refractivity contribution is 4.91. The number of aliphatic hydroxyl groups excluding tert-OH is 1. The van der Waals surface area contributed by atoms with Crippen molar-refractivity contribution < 1.29 is 18.3 Å². The van der Waals surface area contributed by atoms with Crippen LogP contribution in [0.4, 0.5) is 13.2 Å². The molecule has 0 aromatic heterocycles. The SMILES string of the molecule is OCCCCC1CCC(C2CCC(C3CC(F)C(F)C(F)C3)CC2)CC1. The summed E-state index contributed by atoms with van der Waals surface area (Å²) in [6.07, 6.45) is 8.67. The fraction of sp³-hybridized carbons (Fsp3) is 1.00. The van der Waals surface area contributed by atoms with Gasteiger partial charge in [0.25, 0.3) is 0 Å². The first-order valence-electron chi connectivity index (χ1n) is 11.1. The van der Waals surface area contributed by atoms with Crippen LogP contribution in [0.25, 0.3) is 0 Å². The summed E-state index contributed by atoms with van der Waals surface area (Å²) < 4.78 is 40.8. The van der Waals surface area contributed by atoms with Crippen molar-refractivity contribution in [3.63, 3.8) is 0 Å². The van der Waals surface area contributed by atoms with Gasteiger partial charge in [0.1, 0.15) is 12.3 Å². The number of unbranched alkanes of at least 4 members (excludes halogenated alkanes) is 1. The van der Waals surface area contributed by atoms with Gasteiger partial charge in [0.05, 0.1) is 0 Å². The van der Waals surface area contributed by atoms with E-state index in [4.69, 9.17) is 5.11 Å². The number of alkyl halides is 3. The molecule has 3 saturated carbocycles. The van der Waals surface area contributed by atoms with Crippen molar-refractivity contribution >= 4 is 0 Å². The smallest absolute Gasteiger partial charge is 0.162 e. The lowest BCUT2D eigenvalue weighted by Gasteiger charge is -2.42. The first-order valence-corrected chi connectivity index (χ1v) is 11.1. The van der Waals surface area contributed by atoms with Crippen LogP contribution < -0.4 is 0 Å². The van der Waals surface area contributed by atoms with E-state index in [1.165, 1.54) is 44.9 Å². The Balaban J connectivity index is 1.38. The Labute approximate surface area is 157 Å². The van der Waals surface area contributed by atoms with Crippen molar-refractivity contribution in [2.24, 2.45) is 29.6 Å². The van der Waals surface area contributed by atoms with E-state index in [1.54, 1.807) is 0 Å². The molecule has 3 aliphatic rings. The van der Waals surface area contributed by atoms with Gasteiger partial charge in [-0.15, -0.1) is 0 Å². The summed E-state index contributed by atoms with van der Waals surface area (Å²) in [5.41, 5.74) is 0. The van der Waals surface area contributed by atoms with Crippen molar-refractivity contribution in [1.82, 2.24) is 0 Å². The molecule has 0 amide bonds. The van der Waals surface area contributed by atoms with Gasteiger partial charge in [0.2, 0.25) is 0 Å². The predicted octanol–water partition coefficient (Wildman–Crippen LogP) is 6.19. The molecule has 0 bridgehead atoms. The van der Waals surface area contributed by atoms with Crippen molar-refractivity contribution in [2.75, 3.05) is 6.61 Å². The van der Waals surface area contributed by atoms with Crippen LogP contribution in [0, 0.1) is 29.6 Å². The van der Waals surface area contributed by atoms with Gasteiger partial charge in [-0.05, 0) is 87.4 Å². The molecule has 1 N–H and O–H groups in total. The van der Waals surface area contributed by atoms with E-state index >= 15 is 0 Å². The van der Waals surface area contributed by atoms with Crippen LogP contribution in [0.15, 0.2) is 0 Å². The second-order valence-corrected chi connectivity index (χ2v) is 9.38. The minimum atomic E-state index is -1.89. The van der Waals surface area contributed by atoms with Gasteiger partial charge in [0.15, 0.2) is 6.17 Å². The lowest BCUT2D eigenvalue weighted by molar-refractivity contribution is -0.00708. The Morgan fingerprint density at radius 3 is 1.58 bits per heavy atom. The maximum absolute atomic E-state index is 13.7. The zero-order valence-corrected chi connectivity index (χ0v) is 16.1. The molecule has 0 aromatic rings. The number of hydrogen-bond acceptors (Lipinski definition) is 1. The number of aliphatic hydroxyl groups is 1. The normalized spacial score (nSPS) is 44.8. The van der Waals surface area contributed by atoms with E-state index in [1.807, 2.05) is 0 Å². The van der Waals surface area contributed by atoms with Crippen molar-refractivity contribution in [2.45, 2.75) is 102 Å². The third-order valence-corrected chi connectivity index (χ3v) is 7.81. The molecule has 0 radical (unpaired) electrons. The van der Waals surface area contributed by atoms with Gasteiger partial charge >= 0.3 is 0 Å². The Kier molecular flexibility index (Phi) is 7.72. The largest absolute Gasteiger partial charge is 0.396 e. The van der Waals surface area contributed by atoms with E-state index in [-0.39, 0.29) is 18.8 Å². The van der Waals surface area contributed by atoms with Crippen LogP contribution in [-0.2, 0) is 0 Å². The fourth-order valence-electron chi connectivity index (χ4n) is 6.13. The van der Waals surface area contributed by atoms with Crippen LogP contribution in [-0.4, -0.2) is 30.2 Å². The predicted molar refractivity (Wildman–Crippen MR) is 99.2 cm³/mol. The fourth-order valence-corrected chi connectivity index (χ4v) is 6.13. The molecule has 3 rings (SSSR count). The lowest BCUT2D eigenvalue weighted by atomic mass is 9.65. The molecule has 3 aliphatic carbocycles. The van der Waals surface area contributed by atoms with Crippen LogP contribution in [0.1, 0.15) is 83.5 Å². The number of halogens is 3. The Morgan fingerprint density at radius 2 is 1.08 bits per heavy atom. The summed E-state index contributed by atoms with van der Waals surface area (Å²) in [6, 6.07) is 0. The van der Waals surface area contributed by atoms with Crippen LogP contribution in [0.3, 0.4) is 0 Å². The standard InChI is InChI=1S/C22H37F3O/c23-20-13-19(14-21(24)22(20)25)18-10-8-17(9-11-18)16-6-4-15(5-7-16)3-1-2-12-26/h15-22,26H,1-14H2. The highest BCUT2D eigenvalue weighted by Gasteiger charge is 2.42. The highest BCUT2D eigenvalue weighted by atomic mass is 19.2. The molecule has 2 unspecified atom stereocenters. The first-order chi connectivity index (χ1) is 12.6. The molecule has 0 aromatic carbocycles.